The van der Waals surface area contributed by atoms with Gasteiger partial charge in [-0.2, -0.15) is 0 Å². The highest BCUT2D eigenvalue weighted by atomic mass is 127. The summed E-state index contributed by atoms with van der Waals surface area (Å²) in [7, 11) is 3.34. The van der Waals surface area contributed by atoms with E-state index in [1.165, 1.54) is 0 Å². The zero-order valence-electron chi connectivity index (χ0n) is 17.7. The molecule has 3 rings (SSSR count). The van der Waals surface area contributed by atoms with E-state index in [-0.39, 0.29) is 6.61 Å². The average molecular weight is 562 g/mol. The fourth-order valence-electron chi connectivity index (χ4n) is 3.15. The van der Waals surface area contributed by atoms with E-state index in [1.807, 2.05) is 60.7 Å². The Hall–Kier alpha value is -2.65. The van der Waals surface area contributed by atoms with Gasteiger partial charge in [0.2, 0.25) is 0 Å². The van der Waals surface area contributed by atoms with Crippen molar-refractivity contribution < 1.29 is 24.1 Å². The molecule has 0 saturated carbocycles. The first-order valence-corrected chi connectivity index (χ1v) is 11.8. The van der Waals surface area contributed by atoms with Gasteiger partial charge in [-0.15, -0.1) is 11.8 Å². The summed E-state index contributed by atoms with van der Waals surface area (Å²) in [4.78, 5) is 11.8. The number of halogens is 1. The fourth-order valence-corrected chi connectivity index (χ4v) is 4.89. The molecular formula is C25H23IO5S. The van der Waals surface area contributed by atoms with Gasteiger partial charge in [0, 0.05) is 25.3 Å². The molecule has 0 aliphatic rings. The lowest BCUT2D eigenvalue weighted by atomic mass is 9.96. The SMILES string of the molecule is COc1ccccc1C(=CCSc1ccc(OCC(=O)O)cc1I)c1ccccc1OC. The van der Waals surface area contributed by atoms with Crippen LogP contribution in [-0.2, 0) is 4.79 Å². The zero-order chi connectivity index (χ0) is 22.9. The second kappa shape index (κ2) is 11.8. The highest BCUT2D eigenvalue weighted by Crippen LogP contribution is 2.36. The summed E-state index contributed by atoms with van der Waals surface area (Å²) >= 11 is 3.92. The molecule has 0 unspecified atom stereocenters. The summed E-state index contributed by atoms with van der Waals surface area (Å²) in [5.74, 6) is 1.86. The second-order valence-corrected chi connectivity index (χ2v) is 8.83. The lowest BCUT2D eigenvalue weighted by Crippen LogP contribution is -2.09. The quantitative estimate of drug-likeness (QED) is 0.242. The number of thioether (sulfide) groups is 1. The third kappa shape index (κ3) is 6.20. The summed E-state index contributed by atoms with van der Waals surface area (Å²) in [5, 5.41) is 8.77. The number of hydrogen-bond donors (Lipinski definition) is 1. The molecule has 166 valence electrons. The van der Waals surface area contributed by atoms with Crippen LogP contribution < -0.4 is 14.2 Å². The van der Waals surface area contributed by atoms with Crippen LogP contribution in [0.1, 0.15) is 11.1 Å². The standard InChI is InChI=1S/C25H23IO5S/c1-29-22-9-5-3-7-19(22)18(20-8-4-6-10-23(20)30-2)13-14-32-24-12-11-17(15-21(24)26)31-16-25(27)28/h3-13,15H,14,16H2,1-2H3,(H,27,28). The monoisotopic (exact) mass is 562 g/mol. The van der Waals surface area contributed by atoms with Gasteiger partial charge >= 0.3 is 5.97 Å². The molecule has 5 nitrogen and oxygen atoms in total. The van der Waals surface area contributed by atoms with Crippen LogP contribution in [0.25, 0.3) is 5.57 Å². The van der Waals surface area contributed by atoms with Gasteiger partial charge in [0.1, 0.15) is 17.2 Å². The minimum absolute atomic E-state index is 0.355. The molecule has 0 bridgehead atoms. The molecule has 0 saturated heterocycles. The van der Waals surface area contributed by atoms with Gasteiger partial charge in [0.15, 0.2) is 6.61 Å². The largest absolute Gasteiger partial charge is 0.496 e. The predicted molar refractivity (Wildman–Crippen MR) is 136 cm³/mol. The molecule has 0 amide bonds. The normalized spacial score (nSPS) is 10.3. The van der Waals surface area contributed by atoms with Crippen molar-refractivity contribution in [3.05, 3.63) is 87.5 Å². The van der Waals surface area contributed by atoms with Gasteiger partial charge in [0.25, 0.3) is 0 Å². The number of hydrogen-bond acceptors (Lipinski definition) is 5. The smallest absolute Gasteiger partial charge is 0.341 e. The van der Waals surface area contributed by atoms with Gasteiger partial charge in [-0.1, -0.05) is 42.5 Å². The topological polar surface area (TPSA) is 65.0 Å². The van der Waals surface area contributed by atoms with Crippen molar-refractivity contribution in [3.8, 4) is 17.2 Å². The minimum atomic E-state index is -0.996. The number of methoxy groups -OCH3 is 2. The molecule has 0 radical (unpaired) electrons. The number of para-hydroxylation sites is 2. The Morgan fingerprint density at radius 1 is 0.969 bits per heavy atom. The third-order valence-corrected chi connectivity index (χ3v) is 6.85. The number of aliphatic carboxylic acids is 1. The molecule has 0 aliphatic heterocycles. The highest BCUT2D eigenvalue weighted by molar-refractivity contribution is 14.1. The van der Waals surface area contributed by atoms with Gasteiger partial charge in [-0.3, -0.25) is 0 Å². The van der Waals surface area contributed by atoms with E-state index in [2.05, 4.69) is 28.7 Å². The Kier molecular flexibility index (Phi) is 8.87. The molecule has 32 heavy (non-hydrogen) atoms. The van der Waals surface area contributed by atoms with Crippen LogP contribution in [0.4, 0.5) is 0 Å². The van der Waals surface area contributed by atoms with Crippen molar-refractivity contribution in [2.75, 3.05) is 26.6 Å². The summed E-state index contributed by atoms with van der Waals surface area (Å²) in [6, 6.07) is 21.5. The summed E-state index contributed by atoms with van der Waals surface area (Å²) < 4.78 is 17.5. The van der Waals surface area contributed by atoms with Gasteiger partial charge in [0.05, 0.1) is 14.2 Å². The Bertz CT molecular complexity index is 1060. The average Bonchev–Trinajstić information content (AvgIpc) is 2.81. The summed E-state index contributed by atoms with van der Waals surface area (Å²) in [5.41, 5.74) is 3.02. The van der Waals surface area contributed by atoms with Crippen molar-refractivity contribution in [2.24, 2.45) is 0 Å². The molecule has 1 N–H and O–H groups in total. The van der Waals surface area contributed by atoms with Gasteiger partial charge in [-0.25, -0.2) is 4.79 Å². The molecule has 7 heteroatoms. The predicted octanol–water partition coefficient (Wildman–Crippen LogP) is 6.00. The van der Waals surface area contributed by atoms with Gasteiger partial charge < -0.3 is 19.3 Å². The number of carbonyl (C=O) groups is 1. The lowest BCUT2D eigenvalue weighted by molar-refractivity contribution is -0.139. The van der Waals surface area contributed by atoms with Crippen LogP contribution in [0.15, 0.2) is 77.7 Å². The van der Waals surface area contributed by atoms with Crippen LogP contribution in [0.2, 0.25) is 0 Å². The van der Waals surface area contributed by atoms with E-state index < -0.39 is 5.97 Å². The van der Waals surface area contributed by atoms with E-state index in [1.54, 1.807) is 32.0 Å². The first kappa shape index (κ1) is 24.0. The van der Waals surface area contributed by atoms with E-state index >= 15 is 0 Å². The molecule has 0 atom stereocenters. The number of carboxylic acid groups (broad SMARTS) is 1. The molecule has 0 aliphatic carbocycles. The third-order valence-electron chi connectivity index (χ3n) is 4.59. The fraction of sp³-hybridized carbons (Fsp3) is 0.160. The molecular weight excluding hydrogens is 539 g/mol. The molecule has 0 fully saturated rings. The van der Waals surface area contributed by atoms with Crippen LogP contribution in [0, 0.1) is 3.57 Å². The van der Waals surface area contributed by atoms with Crippen LogP contribution in [-0.4, -0.2) is 37.7 Å². The van der Waals surface area contributed by atoms with Gasteiger partial charge in [-0.05, 0) is 58.5 Å². The first-order chi connectivity index (χ1) is 15.5. The zero-order valence-corrected chi connectivity index (χ0v) is 20.7. The van der Waals surface area contributed by atoms with Crippen LogP contribution >= 0.6 is 34.4 Å². The summed E-state index contributed by atoms with van der Waals surface area (Å²) in [6.45, 7) is -0.355. The van der Waals surface area contributed by atoms with E-state index in [0.717, 1.165) is 42.4 Å². The molecule has 3 aromatic rings. The van der Waals surface area contributed by atoms with Crippen LogP contribution in [0.5, 0.6) is 17.2 Å². The lowest BCUT2D eigenvalue weighted by Gasteiger charge is -2.16. The Morgan fingerprint density at radius 2 is 1.56 bits per heavy atom. The number of benzene rings is 3. The molecule has 0 aromatic heterocycles. The Balaban J connectivity index is 1.88. The van der Waals surface area contributed by atoms with E-state index in [4.69, 9.17) is 19.3 Å². The number of ether oxygens (including phenoxy) is 3. The number of rotatable bonds is 10. The highest BCUT2D eigenvalue weighted by Gasteiger charge is 2.14. The maximum Gasteiger partial charge on any atom is 0.341 e. The summed E-state index contributed by atoms with van der Waals surface area (Å²) in [6.07, 6.45) is 2.17. The first-order valence-electron chi connectivity index (χ1n) is 9.77. The van der Waals surface area contributed by atoms with Crippen molar-refractivity contribution in [1.29, 1.82) is 0 Å². The molecule has 3 aromatic carbocycles. The van der Waals surface area contributed by atoms with Crippen LogP contribution in [0.3, 0.4) is 0 Å². The van der Waals surface area contributed by atoms with E-state index in [9.17, 15) is 4.79 Å². The maximum atomic E-state index is 10.7. The van der Waals surface area contributed by atoms with Crippen molar-refractivity contribution in [1.82, 2.24) is 0 Å². The van der Waals surface area contributed by atoms with Crippen molar-refractivity contribution in [3.63, 3.8) is 0 Å². The maximum absolute atomic E-state index is 10.7. The number of carboxylic acids is 1. The minimum Gasteiger partial charge on any atom is -0.496 e. The van der Waals surface area contributed by atoms with E-state index in [0.29, 0.717) is 5.75 Å². The second-order valence-electron chi connectivity index (χ2n) is 6.60. The van der Waals surface area contributed by atoms with Crippen molar-refractivity contribution >= 4 is 45.9 Å². The van der Waals surface area contributed by atoms with Crippen molar-refractivity contribution in [2.45, 2.75) is 4.90 Å². The Labute approximate surface area is 205 Å². The molecule has 0 spiro atoms. The molecule has 0 heterocycles. The Morgan fingerprint density at radius 3 is 2.09 bits per heavy atom.